The normalized spacial score (nSPS) is 11.5. The van der Waals surface area contributed by atoms with Crippen LogP contribution in [0, 0.1) is 6.92 Å². The Morgan fingerprint density at radius 1 is 1.10 bits per heavy atom. The molecule has 0 spiro atoms. The number of aryl methyl sites for hydroxylation is 1. The summed E-state index contributed by atoms with van der Waals surface area (Å²) in [4.78, 5) is 18.7. The quantitative estimate of drug-likeness (QED) is 0.182. The second-order valence-corrected chi connectivity index (χ2v) is 10.3. The van der Waals surface area contributed by atoms with Gasteiger partial charge in [0.15, 0.2) is 17.3 Å². The number of fused-ring (bicyclic) bond motifs is 1. The maximum atomic E-state index is 13.8. The molecule has 4 rings (SSSR count). The molecule has 4 aromatic rings. The first-order valence-corrected chi connectivity index (χ1v) is 13.9. The molecule has 7 nitrogen and oxygen atoms in total. The van der Waals surface area contributed by atoms with Crippen molar-refractivity contribution in [3.63, 3.8) is 0 Å². The Morgan fingerprint density at radius 3 is 2.49 bits per heavy atom. The molecule has 0 N–H and O–H groups in total. The van der Waals surface area contributed by atoms with Crippen LogP contribution in [0.5, 0.6) is 17.2 Å². The van der Waals surface area contributed by atoms with Crippen LogP contribution < -0.4 is 19.8 Å². The van der Waals surface area contributed by atoms with Gasteiger partial charge in [0.05, 0.1) is 37.4 Å². The minimum Gasteiger partial charge on any atom is -0.494 e. The van der Waals surface area contributed by atoms with Crippen molar-refractivity contribution in [2.24, 2.45) is 5.10 Å². The molecule has 0 unspecified atom stereocenters. The number of rotatable bonds is 9. The maximum Gasteiger partial charge on any atom is 0.282 e. The lowest BCUT2D eigenvalue weighted by Gasteiger charge is -2.18. The van der Waals surface area contributed by atoms with Crippen molar-refractivity contribution in [2.45, 2.75) is 40.5 Å². The first-order chi connectivity index (χ1) is 18.7. The molecule has 0 aliphatic carbocycles. The van der Waals surface area contributed by atoms with Crippen molar-refractivity contribution in [2.75, 3.05) is 20.3 Å². The zero-order valence-corrected chi connectivity index (χ0v) is 25.2. The highest BCUT2D eigenvalue weighted by Gasteiger charge is 2.20. The van der Waals surface area contributed by atoms with Crippen LogP contribution in [-0.4, -0.2) is 36.2 Å². The van der Waals surface area contributed by atoms with E-state index in [0.29, 0.717) is 56.5 Å². The largest absolute Gasteiger partial charge is 0.494 e. The molecule has 0 bridgehead atoms. The zero-order chi connectivity index (χ0) is 28.3. The molecule has 39 heavy (non-hydrogen) atoms. The van der Waals surface area contributed by atoms with E-state index in [4.69, 9.17) is 30.8 Å². The van der Waals surface area contributed by atoms with Gasteiger partial charge in [0.25, 0.3) is 5.56 Å². The Labute approximate surface area is 241 Å². The van der Waals surface area contributed by atoms with E-state index in [-0.39, 0.29) is 11.5 Å². The summed E-state index contributed by atoms with van der Waals surface area (Å²) in [5.74, 6) is 2.34. The van der Waals surface area contributed by atoms with Gasteiger partial charge in [-0.25, -0.2) is 4.98 Å². The third-order valence-corrected chi connectivity index (χ3v) is 7.69. The summed E-state index contributed by atoms with van der Waals surface area (Å²) in [6.45, 7) is 11.0. The van der Waals surface area contributed by atoms with Gasteiger partial charge in [0.2, 0.25) is 0 Å². The molecule has 0 atom stereocenters. The SMILES string of the molecule is CCOc1cc(C)c(-c2nc3ccccc3c(=O)n2N=Cc2cc(OC)c(OCC)c(Cl)c2Br)cc1C(C)C. The van der Waals surface area contributed by atoms with Crippen LogP contribution in [-0.2, 0) is 0 Å². The molecule has 0 aliphatic rings. The molecular weight excluding hydrogens is 582 g/mol. The molecule has 0 fully saturated rings. The van der Waals surface area contributed by atoms with Gasteiger partial charge in [-0.15, -0.1) is 0 Å². The highest BCUT2D eigenvalue weighted by molar-refractivity contribution is 9.10. The van der Waals surface area contributed by atoms with Gasteiger partial charge in [-0.1, -0.05) is 37.6 Å². The number of halogens is 2. The fourth-order valence-corrected chi connectivity index (χ4v) is 4.98. The third-order valence-electron chi connectivity index (χ3n) is 6.25. The summed E-state index contributed by atoms with van der Waals surface area (Å²) < 4.78 is 19.0. The fraction of sp³-hybridized carbons (Fsp3) is 0.300. The van der Waals surface area contributed by atoms with E-state index in [0.717, 1.165) is 22.4 Å². The van der Waals surface area contributed by atoms with Crippen molar-refractivity contribution in [1.29, 1.82) is 0 Å². The van der Waals surface area contributed by atoms with Crippen molar-refractivity contribution in [1.82, 2.24) is 9.66 Å². The third kappa shape index (κ3) is 5.68. The van der Waals surface area contributed by atoms with Crippen LogP contribution in [0.1, 0.15) is 50.3 Å². The molecule has 0 saturated heterocycles. The minimum absolute atomic E-state index is 0.199. The van der Waals surface area contributed by atoms with E-state index in [1.54, 1.807) is 25.5 Å². The smallest absolute Gasteiger partial charge is 0.282 e. The second kappa shape index (κ2) is 12.2. The number of hydrogen-bond donors (Lipinski definition) is 0. The molecule has 0 radical (unpaired) electrons. The number of para-hydroxylation sites is 1. The number of aromatic nitrogens is 2. The van der Waals surface area contributed by atoms with Crippen molar-refractivity contribution < 1.29 is 14.2 Å². The Morgan fingerprint density at radius 2 is 1.82 bits per heavy atom. The van der Waals surface area contributed by atoms with Crippen LogP contribution in [0.4, 0.5) is 0 Å². The van der Waals surface area contributed by atoms with E-state index in [1.165, 1.54) is 4.68 Å². The number of nitrogens with zero attached hydrogens (tertiary/aromatic N) is 3. The van der Waals surface area contributed by atoms with Gasteiger partial charge in [-0.2, -0.15) is 9.78 Å². The average molecular weight is 613 g/mol. The van der Waals surface area contributed by atoms with Gasteiger partial charge >= 0.3 is 0 Å². The van der Waals surface area contributed by atoms with E-state index in [2.05, 4.69) is 34.9 Å². The first-order valence-electron chi connectivity index (χ1n) is 12.7. The van der Waals surface area contributed by atoms with Crippen molar-refractivity contribution in [3.8, 4) is 28.6 Å². The van der Waals surface area contributed by atoms with E-state index in [1.807, 2.05) is 51.1 Å². The van der Waals surface area contributed by atoms with Crippen LogP contribution in [0.25, 0.3) is 22.3 Å². The molecular formula is C30H31BrClN3O4. The molecule has 9 heteroatoms. The topological polar surface area (TPSA) is 74.9 Å². The number of methoxy groups -OCH3 is 1. The standard InChI is InChI=1S/C30H31BrClN3O4/c1-7-38-24-13-18(5)22(15-21(24)17(3)4)29-34-23-12-10-9-11-20(23)30(36)35(29)33-16-19-14-25(37-6)28(39-8-2)27(32)26(19)31/h9-17H,7-8H2,1-6H3. The van der Waals surface area contributed by atoms with Crippen LogP contribution in [0.15, 0.2) is 56.8 Å². The highest BCUT2D eigenvalue weighted by atomic mass is 79.9. The second-order valence-electron chi connectivity index (χ2n) is 9.16. The van der Waals surface area contributed by atoms with E-state index in [9.17, 15) is 4.79 Å². The molecule has 1 heterocycles. The molecule has 1 aromatic heterocycles. The van der Waals surface area contributed by atoms with Gasteiger partial charge in [0, 0.05) is 15.6 Å². The molecule has 3 aromatic carbocycles. The lowest BCUT2D eigenvalue weighted by molar-refractivity contribution is 0.311. The predicted molar refractivity (Wildman–Crippen MR) is 161 cm³/mol. The Balaban J connectivity index is 1.97. The molecule has 0 aliphatic heterocycles. The zero-order valence-electron chi connectivity index (χ0n) is 22.8. The lowest BCUT2D eigenvalue weighted by Crippen LogP contribution is -2.21. The van der Waals surface area contributed by atoms with E-state index < -0.39 is 0 Å². The summed E-state index contributed by atoms with van der Waals surface area (Å²) in [5.41, 5.74) is 3.66. The summed E-state index contributed by atoms with van der Waals surface area (Å²) in [6.07, 6.45) is 1.56. The fourth-order valence-electron chi connectivity index (χ4n) is 4.32. The van der Waals surface area contributed by atoms with Gasteiger partial charge in [-0.3, -0.25) is 4.79 Å². The highest BCUT2D eigenvalue weighted by Crippen LogP contribution is 2.42. The number of benzene rings is 3. The lowest BCUT2D eigenvalue weighted by atomic mass is 9.96. The van der Waals surface area contributed by atoms with Gasteiger partial charge < -0.3 is 14.2 Å². The Kier molecular flexibility index (Phi) is 8.97. The van der Waals surface area contributed by atoms with Crippen molar-refractivity contribution in [3.05, 3.63) is 79.0 Å². The Bertz CT molecular complexity index is 1610. The number of hydrogen-bond acceptors (Lipinski definition) is 6. The minimum atomic E-state index is -0.286. The summed E-state index contributed by atoms with van der Waals surface area (Å²) in [6, 6.07) is 13.0. The van der Waals surface area contributed by atoms with Crippen LogP contribution >= 0.6 is 27.5 Å². The molecule has 0 saturated carbocycles. The number of ether oxygens (including phenoxy) is 3. The van der Waals surface area contributed by atoms with Crippen LogP contribution in [0.3, 0.4) is 0 Å². The van der Waals surface area contributed by atoms with Gasteiger partial charge in [0.1, 0.15) is 10.8 Å². The summed E-state index contributed by atoms with van der Waals surface area (Å²) in [5, 5.41) is 5.45. The summed E-state index contributed by atoms with van der Waals surface area (Å²) in [7, 11) is 1.54. The summed E-state index contributed by atoms with van der Waals surface area (Å²) >= 11 is 10.1. The molecule has 204 valence electrons. The van der Waals surface area contributed by atoms with Gasteiger partial charge in [-0.05, 0) is 84.1 Å². The van der Waals surface area contributed by atoms with E-state index >= 15 is 0 Å². The monoisotopic (exact) mass is 611 g/mol. The average Bonchev–Trinajstić information content (AvgIpc) is 2.92. The molecule has 0 amide bonds. The predicted octanol–water partition coefficient (Wildman–Crippen LogP) is 7.60. The first kappa shape index (κ1) is 28.6. The maximum absolute atomic E-state index is 13.8. The Hall–Kier alpha value is -3.36. The van der Waals surface area contributed by atoms with Crippen LogP contribution in [0.2, 0.25) is 5.02 Å². The van der Waals surface area contributed by atoms with Crippen molar-refractivity contribution >= 4 is 44.6 Å².